The van der Waals surface area contributed by atoms with Crippen molar-refractivity contribution < 1.29 is 27.8 Å². The minimum Gasteiger partial charge on any atom is -0.546 e. The molecule has 0 saturated heterocycles. The number of alkyl halides is 3. The van der Waals surface area contributed by atoms with Gasteiger partial charge in [-0.05, 0) is 42.3 Å². The van der Waals surface area contributed by atoms with Crippen LogP contribution in [0.3, 0.4) is 0 Å². The summed E-state index contributed by atoms with van der Waals surface area (Å²) in [4.78, 5) is 14.4. The Balaban J connectivity index is 0.00000288. The van der Waals surface area contributed by atoms with Crippen LogP contribution in [0.15, 0.2) is 30.5 Å². The first-order valence-electron chi connectivity index (χ1n) is 6.35. The third-order valence-electron chi connectivity index (χ3n) is 3.01. The molecule has 4 N–H and O–H groups in total. The maximum absolute atomic E-state index is 12.9. The van der Waals surface area contributed by atoms with Crippen molar-refractivity contribution in [2.75, 3.05) is 6.61 Å². The maximum atomic E-state index is 12.9. The van der Waals surface area contributed by atoms with E-state index >= 15 is 0 Å². The quantitative estimate of drug-likeness (QED) is 0.844. The van der Waals surface area contributed by atoms with Crippen LogP contribution < -0.4 is 16.0 Å². The molecule has 24 heavy (non-hydrogen) atoms. The minimum absolute atomic E-state index is 0. The fraction of sp³-hybridized carbons (Fsp3) is 0.200. The molecule has 2 aromatic rings. The highest BCUT2D eigenvalue weighted by molar-refractivity contribution is 6.29. The summed E-state index contributed by atoms with van der Waals surface area (Å²) in [6.07, 6.45) is -3.15. The number of carbonyl (C=O) groups excluding carboxylic acids is 1. The van der Waals surface area contributed by atoms with Crippen molar-refractivity contribution in [2.24, 2.45) is 0 Å². The number of aromatic nitrogens is 1. The van der Waals surface area contributed by atoms with E-state index in [1.807, 2.05) is 0 Å². The summed E-state index contributed by atoms with van der Waals surface area (Å²) in [5, 5.41) is 10.6. The van der Waals surface area contributed by atoms with Crippen LogP contribution in [0.1, 0.15) is 11.1 Å². The summed E-state index contributed by atoms with van der Waals surface area (Å²) in [5.41, 5.74) is 0.111. The number of hydrogen-bond donors (Lipinski definition) is 1. The van der Waals surface area contributed by atoms with Crippen molar-refractivity contribution in [3.8, 4) is 16.9 Å². The number of carboxylic acid groups (broad SMARTS) is 1. The average Bonchev–Trinajstić information content (AvgIpc) is 2.46. The molecule has 0 radical (unpaired) electrons. The van der Waals surface area contributed by atoms with E-state index in [2.05, 4.69) is 4.98 Å². The highest BCUT2D eigenvalue weighted by Gasteiger charge is 2.31. The summed E-state index contributed by atoms with van der Waals surface area (Å²) >= 11 is 5.80. The van der Waals surface area contributed by atoms with Gasteiger partial charge in [-0.2, -0.15) is 13.2 Å². The maximum Gasteiger partial charge on any atom is 0.416 e. The number of carbonyl (C=O) groups is 1. The number of ether oxygens (including phenoxy) is 1. The zero-order valence-electron chi connectivity index (χ0n) is 12.8. The van der Waals surface area contributed by atoms with E-state index in [1.54, 1.807) is 6.92 Å². The fourth-order valence-electron chi connectivity index (χ4n) is 1.97. The number of benzene rings is 1. The predicted molar refractivity (Wildman–Crippen MR) is 80.9 cm³/mol. The summed E-state index contributed by atoms with van der Waals surface area (Å²) in [5.74, 6) is -1.51. The molecule has 0 spiro atoms. The SMILES string of the molecule is Cc1cnc(Cl)cc1-c1cc(C(F)(F)F)ccc1OCC(=O)[O-].[NH4+]. The van der Waals surface area contributed by atoms with Crippen molar-refractivity contribution in [1.82, 2.24) is 11.1 Å². The lowest BCUT2D eigenvalue weighted by Crippen LogP contribution is -2.29. The third-order valence-corrected chi connectivity index (χ3v) is 3.22. The Hall–Kier alpha value is -2.32. The van der Waals surface area contributed by atoms with Crippen LogP contribution in [0.2, 0.25) is 5.15 Å². The van der Waals surface area contributed by atoms with Gasteiger partial charge < -0.3 is 20.8 Å². The molecule has 0 atom stereocenters. The summed E-state index contributed by atoms with van der Waals surface area (Å²) in [7, 11) is 0. The van der Waals surface area contributed by atoms with Crippen molar-refractivity contribution in [2.45, 2.75) is 13.1 Å². The molecule has 0 aliphatic heterocycles. The van der Waals surface area contributed by atoms with Gasteiger partial charge in [0.05, 0.1) is 11.5 Å². The lowest BCUT2D eigenvalue weighted by Gasteiger charge is -2.16. The second-order valence-corrected chi connectivity index (χ2v) is 5.08. The molecule has 0 unspecified atom stereocenters. The monoisotopic (exact) mass is 362 g/mol. The van der Waals surface area contributed by atoms with Gasteiger partial charge >= 0.3 is 6.18 Å². The molecular weight excluding hydrogens is 349 g/mol. The molecule has 1 aromatic carbocycles. The molecule has 1 heterocycles. The number of nitrogens with zero attached hydrogens (tertiary/aromatic N) is 1. The van der Waals surface area contributed by atoms with Crippen molar-refractivity contribution >= 4 is 17.6 Å². The molecule has 0 bridgehead atoms. The Labute approximate surface area is 140 Å². The van der Waals surface area contributed by atoms with E-state index in [-0.39, 0.29) is 22.6 Å². The number of quaternary nitrogens is 1. The molecule has 0 amide bonds. The topological polar surface area (TPSA) is 98.8 Å². The zero-order valence-corrected chi connectivity index (χ0v) is 13.5. The summed E-state index contributed by atoms with van der Waals surface area (Å²) in [6.45, 7) is 0.859. The Morgan fingerprint density at radius 3 is 2.54 bits per heavy atom. The van der Waals surface area contributed by atoms with Gasteiger partial charge in [-0.25, -0.2) is 4.98 Å². The molecule has 5 nitrogen and oxygen atoms in total. The van der Waals surface area contributed by atoms with Crippen LogP contribution >= 0.6 is 11.6 Å². The molecule has 0 aliphatic carbocycles. The number of pyridine rings is 1. The van der Waals surface area contributed by atoms with Crippen LogP contribution in [0.4, 0.5) is 13.2 Å². The van der Waals surface area contributed by atoms with E-state index in [4.69, 9.17) is 16.3 Å². The first-order valence-corrected chi connectivity index (χ1v) is 6.72. The highest BCUT2D eigenvalue weighted by Crippen LogP contribution is 2.38. The highest BCUT2D eigenvalue weighted by atomic mass is 35.5. The standard InChI is InChI=1S/C15H11ClF3NO3.H3N/c1-8-6-20-13(16)5-10(8)11-4-9(15(17,18)19)2-3-12(11)23-7-14(21)22;/h2-6H,7H2,1H3,(H,21,22);1H3. The number of carboxylic acids is 1. The lowest BCUT2D eigenvalue weighted by atomic mass is 9.99. The van der Waals surface area contributed by atoms with Crippen molar-refractivity contribution in [3.63, 3.8) is 0 Å². The van der Waals surface area contributed by atoms with Gasteiger partial charge in [0.1, 0.15) is 17.5 Å². The lowest BCUT2D eigenvalue weighted by molar-refractivity contribution is -0.307. The smallest absolute Gasteiger partial charge is 0.416 e. The van der Waals surface area contributed by atoms with Crippen LogP contribution in [0, 0.1) is 6.92 Å². The second-order valence-electron chi connectivity index (χ2n) is 4.69. The first-order chi connectivity index (χ1) is 10.7. The van der Waals surface area contributed by atoms with Gasteiger partial charge in [0.15, 0.2) is 0 Å². The van der Waals surface area contributed by atoms with E-state index in [0.717, 1.165) is 18.2 Å². The fourth-order valence-corrected chi connectivity index (χ4v) is 2.13. The number of aryl methyl sites for hydroxylation is 1. The average molecular weight is 363 g/mol. The van der Waals surface area contributed by atoms with Crippen molar-refractivity contribution in [1.29, 1.82) is 0 Å². The third kappa shape index (κ3) is 4.59. The Morgan fingerprint density at radius 2 is 1.96 bits per heavy atom. The van der Waals surface area contributed by atoms with E-state index in [9.17, 15) is 23.1 Å². The number of rotatable bonds is 4. The van der Waals surface area contributed by atoms with Crippen LogP contribution in [0.5, 0.6) is 5.75 Å². The van der Waals surface area contributed by atoms with E-state index in [0.29, 0.717) is 11.1 Å². The van der Waals surface area contributed by atoms with Crippen LogP contribution in [-0.2, 0) is 11.0 Å². The number of aliphatic carboxylic acids is 1. The normalized spacial score (nSPS) is 10.9. The van der Waals surface area contributed by atoms with Crippen molar-refractivity contribution in [3.05, 3.63) is 46.7 Å². The molecule has 0 saturated carbocycles. The number of halogens is 4. The Kier molecular flexibility index (Phi) is 6.16. The van der Waals surface area contributed by atoms with Gasteiger partial charge in [0.2, 0.25) is 0 Å². The van der Waals surface area contributed by atoms with Gasteiger partial charge in [-0.1, -0.05) is 11.6 Å². The second kappa shape index (κ2) is 7.50. The van der Waals surface area contributed by atoms with Crippen LogP contribution in [-0.4, -0.2) is 17.6 Å². The molecule has 9 heteroatoms. The van der Waals surface area contributed by atoms with E-state index in [1.165, 1.54) is 12.3 Å². The summed E-state index contributed by atoms with van der Waals surface area (Å²) < 4.78 is 43.8. The molecule has 2 rings (SSSR count). The Morgan fingerprint density at radius 1 is 1.29 bits per heavy atom. The first kappa shape index (κ1) is 19.7. The van der Waals surface area contributed by atoms with E-state index < -0.39 is 24.3 Å². The zero-order chi connectivity index (χ0) is 17.2. The minimum atomic E-state index is -4.55. The van der Waals surface area contributed by atoms with Gasteiger partial charge in [-0.15, -0.1) is 0 Å². The molecule has 1 aromatic heterocycles. The van der Waals surface area contributed by atoms with Gasteiger partial charge in [0.25, 0.3) is 0 Å². The van der Waals surface area contributed by atoms with Gasteiger partial charge in [0, 0.05) is 11.8 Å². The number of hydrogen-bond acceptors (Lipinski definition) is 4. The largest absolute Gasteiger partial charge is 0.546 e. The molecule has 0 aliphatic rings. The Bertz CT molecular complexity index is 751. The molecular formula is C15H14ClF3N2O3. The predicted octanol–water partition coefficient (Wildman–Crippen LogP) is 3.23. The van der Waals surface area contributed by atoms with Gasteiger partial charge in [-0.3, -0.25) is 0 Å². The molecule has 0 fully saturated rings. The summed E-state index contributed by atoms with van der Waals surface area (Å²) in [6, 6.07) is 4.14. The molecule has 130 valence electrons. The van der Waals surface area contributed by atoms with Crippen LogP contribution in [0.25, 0.3) is 11.1 Å².